The van der Waals surface area contributed by atoms with Crippen molar-refractivity contribution in [2.24, 2.45) is 10.9 Å². The molecule has 0 fully saturated rings. The van der Waals surface area contributed by atoms with Gasteiger partial charge in [0.15, 0.2) is 5.96 Å². The molecule has 1 aromatic rings. The number of guanidine groups is 1. The molecule has 17 heavy (non-hydrogen) atoms. The van der Waals surface area contributed by atoms with E-state index in [4.69, 9.17) is 5.11 Å². The Morgan fingerprint density at radius 2 is 2.35 bits per heavy atom. The Hall–Kier alpha value is -1.07. The van der Waals surface area contributed by atoms with Gasteiger partial charge in [-0.25, -0.2) is 4.99 Å². The molecule has 0 aromatic carbocycles. The van der Waals surface area contributed by atoms with Gasteiger partial charge in [-0.1, -0.05) is 13.0 Å². The third-order valence-electron chi connectivity index (χ3n) is 2.25. The lowest BCUT2D eigenvalue weighted by atomic mass is 10.2. The summed E-state index contributed by atoms with van der Waals surface area (Å²) in [6.45, 7) is 6.49. The number of rotatable bonds is 6. The van der Waals surface area contributed by atoms with Crippen molar-refractivity contribution in [3.8, 4) is 0 Å². The summed E-state index contributed by atoms with van der Waals surface area (Å²) in [6.07, 6.45) is 0. The molecule has 0 saturated heterocycles. The maximum absolute atomic E-state index is 8.96. The highest BCUT2D eigenvalue weighted by molar-refractivity contribution is 7.09. The molecule has 5 heteroatoms. The van der Waals surface area contributed by atoms with Crippen LogP contribution in [0.2, 0.25) is 0 Å². The minimum absolute atomic E-state index is 0.192. The molecule has 0 radical (unpaired) electrons. The van der Waals surface area contributed by atoms with Gasteiger partial charge in [0, 0.05) is 24.6 Å². The van der Waals surface area contributed by atoms with Crippen LogP contribution in [-0.2, 0) is 6.54 Å². The summed E-state index contributed by atoms with van der Waals surface area (Å²) in [5, 5.41) is 17.4. The number of nitrogens with one attached hydrogen (secondary N) is 2. The number of nitrogens with zero attached hydrogens (tertiary/aromatic N) is 1. The molecular weight excluding hydrogens is 234 g/mol. The van der Waals surface area contributed by atoms with Gasteiger partial charge in [-0.2, -0.15) is 0 Å². The van der Waals surface area contributed by atoms with Crippen LogP contribution in [0.25, 0.3) is 0 Å². The third-order valence-corrected chi connectivity index (χ3v) is 3.11. The molecule has 0 saturated carbocycles. The van der Waals surface area contributed by atoms with Crippen molar-refractivity contribution in [1.82, 2.24) is 10.6 Å². The van der Waals surface area contributed by atoms with Crippen LogP contribution < -0.4 is 10.6 Å². The first-order valence-corrected chi connectivity index (χ1v) is 6.79. The van der Waals surface area contributed by atoms with Gasteiger partial charge in [-0.3, -0.25) is 0 Å². The quantitative estimate of drug-likeness (QED) is 0.532. The lowest BCUT2D eigenvalue weighted by Crippen LogP contribution is -2.39. The minimum atomic E-state index is 0.192. The molecule has 0 aliphatic carbocycles. The zero-order valence-electron chi connectivity index (χ0n) is 10.4. The van der Waals surface area contributed by atoms with Gasteiger partial charge in [0.2, 0.25) is 0 Å². The molecule has 0 bridgehead atoms. The van der Waals surface area contributed by atoms with Gasteiger partial charge in [0.25, 0.3) is 0 Å². The van der Waals surface area contributed by atoms with E-state index >= 15 is 0 Å². The Morgan fingerprint density at radius 3 is 2.94 bits per heavy atom. The number of hydrogen-bond acceptors (Lipinski definition) is 3. The molecule has 0 aliphatic rings. The van der Waals surface area contributed by atoms with Gasteiger partial charge >= 0.3 is 0 Å². The van der Waals surface area contributed by atoms with Gasteiger partial charge in [0.05, 0.1) is 6.54 Å². The van der Waals surface area contributed by atoms with E-state index < -0.39 is 0 Å². The molecular formula is C12H21N3OS. The first-order chi connectivity index (χ1) is 8.26. The van der Waals surface area contributed by atoms with E-state index in [-0.39, 0.29) is 12.5 Å². The van der Waals surface area contributed by atoms with Crippen molar-refractivity contribution in [3.05, 3.63) is 22.4 Å². The van der Waals surface area contributed by atoms with E-state index in [2.05, 4.69) is 27.1 Å². The fourth-order valence-electron chi connectivity index (χ4n) is 1.24. The minimum Gasteiger partial charge on any atom is -0.396 e. The van der Waals surface area contributed by atoms with Gasteiger partial charge in [0.1, 0.15) is 0 Å². The number of hydrogen-bond donors (Lipinski definition) is 3. The maximum Gasteiger partial charge on any atom is 0.191 e. The summed E-state index contributed by atoms with van der Waals surface area (Å²) < 4.78 is 0. The Morgan fingerprint density at radius 1 is 1.53 bits per heavy atom. The number of thiophene rings is 1. The first-order valence-electron chi connectivity index (χ1n) is 5.91. The van der Waals surface area contributed by atoms with Crippen LogP contribution in [0.15, 0.2) is 22.5 Å². The highest BCUT2D eigenvalue weighted by Gasteiger charge is 2.02. The Labute approximate surface area is 107 Å². The first kappa shape index (κ1) is 14.0. The van der Waals surface area contributed by atoms with Crippen molar-refractivity contribution >= 4 is 17.3 Å². The normalized spacial score (nSPS) is 13.5. The fraction of sp³-hybridized carbons (Fsp3) is 0.583. The summed E-state index contributed by atoms with van der Waals surface area (Å²) in [7, 11) is 0. The smallest absolute Gasteiger partial charge is 0.191 e. The van der Waals surface area contributed by atoms with E-state index in [0.717, 1.165) is 19.0 Å². The van der Waals surface area contributed by atoms with Crippen LogP contribution in [-0.4, -0.2) is 30.8 Å². The highest BCUT2D eigenvalue weighted by atomic mass is 32.1. The van der Waals surface area contributed by atoms with E-state index in [1.54, 1.807) is 11.3 Å². The lowest BCUT2D eigenvalue weighted by molar-refractivity contribution is 0.238. The van der Waals surface area contributed by atoms with Crippen molar-refractivity contribution in [1.29, 1.82) is 0 Å². The average molecular weight is 255 g/mol. The van der Waals surface area contributed by atoms with Crippen LogP contribution in [0.5, 0.6) is 0 Å². The molecule has 0 amide bonds. The highest BCUT2D eigenvalue weighted by Crippen LogP contribution is 2.09. The standard InChI is InChI=1S/C12H21N3OS/c1-3-13-12(14-7-10(2)9-16)15-8-11-5-4-6-17-11/h4-6,10,16H,3,7-9H2,1-2H3,(H2,13,14,15). The number of aliphatic hydroxyl groups excluding tert-OH is 1. The Kier molecular flexibility index (Phi) is 6.65. The van der Waals surface area contributed by atoms with E-state index in [9.17, 15) is 0 Å². The second-order valence-corrected chi connectivity index (χ2v) is 4.98. The van der Waals surface area contributed by atoms with Crippen LogP contribution in [0.4, 0.5) is 0 Å². The van der Waals surface area contributed by atoms with E-state index in [1.807, 2.05) is 19.9 Å². The van der Waals surface area contributed by atoms with Gasteiger partial charge in [-0.05, 0) is 24.3 Å². The summed E-state index contributed by atoms with van der Waals surface area (Å²) >= 11 is 1.71. The van der Waals surface area contributed by atoms with E-state index in [0.29, 0.717) is 6.54 Å². The zero-order valence-corrected chi connectivity index (χ0v) is 11.3. The molecule has 0 aliphatic heterocycles. The third kappa shape index (κ3) is 5.70. The van der Waals surface area contributed by atoms with Crippen LogP contribution in [0.1, 0.15) is 18.7 Å². The van der Waals surface area contributed by atoms with Crippen LogP contribution in [0, 0.1) is 5.92 Å². The molecule has 3 N–H and O–H groups in total. The topological polar surface area (TPSA) is 56.7 Å². The predicted octanol–water partition coefficient (Wildman–Crippen LogP) is 1.43. The van der Waals surface area contributed by atoms with Crippen LogP contribution in [0.3, 0.4) is 0 Å². The van der Waals surface area contributed by atoms with E-state index in [1.165, 1.54) is 4.88 Å². The largest absolute Gasteiger partial charge is 0.396 e. The summed E-state index contributed by atoms with van der Waals surface area (Å²) in [5.74, 6) is 1.04. The molecule has 1 rings (SSSR count). The number of aliphatic hydroxyl groups is 1. The summed E-state index contributed by atoms with van der Waals surface area (Å²) in [5.41, 5.74) is 0. The lowest BCUT2D eigenvalue weighted by Gasteiger charge is -2.13. The Balaban J connectivity index is 2.43. The Bertz CT molecular complexity index is 325. The predicted molar refractivity (Wildman–Crippen MR) is 73.4 cm³/mol. The second kappa shape index (κ2) is 8.08. The van der Waals surface area contributed by atoms with Crippen molar-refractivity contribution in [2.45, 2.75) is 20.4 Å². The molecule has 1 heterocycles. The zero-order chi connectivity index (χ0) is 12.5. The average Bonchev–Trinajstić information content (AvgIpc) is 2.85. The van der Waals surface area contributed by atoms with Crippen molar-refractivity contribution in [2.75, 3.05) is 19.7 Å². The van der Waals surface area contributed by atoms with Gasteiger partial charge in [-0.15, -0.1) is 11.3 Å². The van der Waals surface area contributed by atoms with Gasteiger partial charge < -0.3 is 15.7 Å². The molecule has 0 spiro atoms. The fourth-order valence-corrected chi connectivity index (χ4v) is 1.86. The molecule has 1 unspecified atom stereocenters. The van der Waals surface area contributed by atoms with Crippen LogP contribution >= 0.6 is 11.3 Å². The molecule has 96 valence electrons. The molecule has 1 aromatic heterocycles. The monoisotopic (exact) mass is 255 g/mol. The van der Waals surface area contributed by atoms with Crippen molar-refractivity contribution in [3.63, 3.8) is 0 Å². The summed E-state index contributed by atoms with van der Waals surface area (Å²) in [4.78, 5) is 5.73. The SMILES string of the molecule is CCNC(=NCc1cccs1)NCC(C)CO. The summed E-state index contributed by atoms with van der Waals surface area (Å²) in [6, 6.07) is 4.11. The van der Waals surface area contributed by atoms with Crippen molar-refractivity contribution < 1.29 is 5.11 Å². The number of aliphatic imine (C=N–C) groups is 1. The second-order valence-electron chi connectivity index (χ2n) is 3.94. The maximum atomic E-state index is 8.96. The molecule has 1 atom stereocenters. The molecule has 4 nitrogen and oxygen atoms in total.